The van der Waals surface area contributed by atoms with Gasteiger partial charge in [-0.1, -0.05) is 0 Å². The summed E-state index contributed by atoms with van der Waals surface area (Å²) in [5, 5.41) is 0. The normalized spacial score (nSPS) is 19.7. The maximum absolute atomic E-state index is 8.74. The van der Waals surface area contributed by atoms with Gasteiger partial charge in [-0.3, -0.25) is 9.11 Å². The summed E-state index contributed by atoms with van der Waals surface area (Å²) in [6.45, 7) is 9.63. The molecule has 0 radical (unpaired) electrons. The van der Waals surface area contributed by atoms with E-state index in [1.807, 2.05) is 6.26 Å². The summed E-state index contributed by atoms with van der Waals surface area (Å²) < 4.78 is 38.2. The van der Waals surface area contributed by atoms with Gasteiger partial charge in [0.05, 0.1) is 0 Å². The summed E-state index contributed by atoms with van der Waals surface area (Å²) in [6, 6.07) is 2.10. The molecule has 2 rings (SSSR count). The van der Waals surface area contributed by atoms with Crippen LogP contribution in [0.25, 0.3) is 0 Å². The third-order valence-electron chi connectivity index (χ3n) is 6.88. The zero-order chi connectivity index (χ0) is 24.2. The number of allylic oxidation sites excluding steroid dienone is 4. The molecule has 2 unspecified atom stereocenters. The zero-order valence-electron chi connectivity index (χ0n) is 20.6. The maximum atomic E-state index is 8.74. The Kier molecular flexibility index (Phi) is 13.7. The summed E-state index contributed by atoms with van der Waals surface area (Å²) in [7, 11) is -4.67. The van der Waals surface area contributed by atoms with E-state index in [0.29, 0.717) is 5.41 Å². The maximum Gasteiger partial charge on any atom is 0.394 e. The molecular formula is C25H41NaO5S. The number of furan rings is 1. The van der Waals surface area contributed by atoms with Gasteiger partial charge >= 0.3 is 197 Å². The van der Waals surface area contributed by atoms with Gasteiger partial charge in [-0.05, 0) is 0 Å². The summed E-state index contributed by atoms with van der Waals surface area (Å²) in [6.07, 6.45) is 20.4. The molecule has 0 fully saturated rings. The third kappa shape index (κ3) is 13.4. The van der Waals surface area contributed by atoms with Crippen molar-refractivity contribution in [3.63, 3.8) is 0 Å². The Morgan fingerprint density at radius 2 is 2.03 bits per heavy atom. The second-order valence-electron chi connectivity index (χ2n) is 9.94. The van der Waals surface area contributed by atoms with E-state index in [9.17, 15) is 0 Å². The molecule has 7 heteroatoms. The van der Waals surface area contributed by atoms with Crippen molar-refractivity contribution in [3.8, 4) is 0 Å². The van der Waals surface area contributed by atoms with Gasteiger partial charge in [0.2, 0.25) is 0 Å². The SMILES string of the molecule is CC(=CCCC([CH2][Na])CCCc1ccoc1)CCC1C(C)=CCCC1(C)C.O=S(=O)(O)O. The van der Waals surface area contributed by atoms with Crippen LogP contribution < -0.4 is 0 Å². The Hall–Kier alpha value is -0.370. The molecule has 2 atom stereocenters. The van der Waals surface area contributed by atoms with Crippen LogP contribution in [0.3, 0.4) is 0 Å². The summed E-state index contributed by atoms with van der Waals surface area (Å²) in [4.78, 5) is 0. The van der Waals surface area contributed by atoms with Crippen molar-refractivity contribution in [2.45, 2.75) is 89.2 Å². The molecule has 1 heterocycles. The molecule has 0 saturated heterocycles. The van der Waals surface area contributed by atoms with E-state index in [2.05, 4.69) is 45.9 Å². The molecule has 0 saturated carbocycles. The molecule has 0 aliphatic heterocycles. The van der Waals surface area contributed by atoms with Crippen LogP contribution in [0.5, 0.6) is 0 Å². The molecular weight excluding hydrogens is 435 g/mol. The van der Waals surface area contributed by atoms with Gasteiger partial charge in [0, 0.05) is 0 Å². The first-order valence-electron chi connectivity index (χ1n) is 12.0. The predicted octanol–water partition coefficient (Wildman–Crippen LogP) is 7.04. The van der Waals surface area contributed by atoms with Crippen LogP contribution in [0, 0.1) is 17.3 Å². The van der Waals surface area contributed by atoms with E-state index in [0.717, 1.165) is 11.8 Å². The monoisotopic (exact) mass is 476 g/mol. The number of hydrogen-bond donors (Lipinski definition) is 2. The van der Waals surface area contributed by atoms with Crippen molar-refractivity contribution in [1.29, 1.82) is 0 Å². The smallest absolute Gasteiger partial charge is 0.264 e. The summed E-state index contributed by atoms with van der Waals surface area (Å²) in [5.41, 5.74) is 5.07. The molecule has 1 aliphatic rings. The Labute approximate surface area is 213 Å². The van der Waals surface area contributed by atoms with Gasteiger partial charge < -0.3 is 0 Å². The Balaban J connectivity index is 0.000000920. The van der Waals surface area contributed by atoms with Crippen molar-refractivity contribution in [3.05, 3.63) is 47.5 Å². The number of hydrogen-bond acceptors (Lipinski definition) is 3. The van der Waals surface area contributed by atoms with Crippen molar-refractivity contribution in [2.75, 3.05) is 0 Å². The second-order valence-corrected chi connectivity index (χ2v) is 11.7. The fourth-order valence-electron chi connectivity index (χ4n) is 4.84. The molecule has 1 aromatic heterocycles. The quantitative estimate of drug-likeness (QED) is 0.203. The van der Waals surface area contributed by atoms with Gasteiger partial charge in [0.25, 0.3) is 0 Å². The van der Waals surface area contributed by atoms with Crippen LogP contribution in [0.2, 0.25) is 3.67 Å². The van der Waals surface area contributed by atoms with Crippen molar-refractivity contribution >= 4 is 38.3 Å². The van der Waals surface area contributed by atoms with Gasteiger partial charge in [0.1, 0.15) is 0 Å². The zero-order valence-corrected chi connectivity index (χ0v) is 23.5. The first-order valence-corrected chi connectivity index (χ1v) is 14.8. The van der Waals surface area contributed by atoms with E-state index in [1.165, 1.54) is 95.0 Å². The van der Waals surface area contributed by atoms with Crippen LogP contribution in [0.4, 0.5) is 0 Å². The predicted molar refractivity (Wildman–Crippen MR) is 132 cm³/mol. The second kappa shape index (κ2) is 14.8. The largest absolute Gasteiger partial charge is 0.394 e. The average molecular weight is 477 g/mol. The Bertz CT molecular complexity index is 801. The van der Waals surface area contributed by atoms with Gasteiger partial charge in [-0.15, -0.1) is 0 Å². The van der Waals surface area contributed by atoms with E-state index >= 15 is 0 Å². The molecule has 2 N–H and O–H groups in total. The van der Waals surface area contributed by atoms with Gasteiger partial charge in [0.15, 0.2) is 0 Å². The van der Waals surface area contributed by atoms with Gasteiger partial charge in [-0.2, -0.15) is 8.42 Å². The molecule has 0 bridgehead atoms. The Morgan fingerprint density at radius 3 is 2.59 bits per heavy atom. The Morgan fingerprint density at radius 1 is 1.34 bits per heavy atom. The van der Waals surface area contributed by atoms with Crippen LogP contribution in [-0.2, 0) is 16.8 Å². The minimum atomic E-state index is -4.67. The fourth-order valence-corrected chi connectivity index (χ4v) is 5.66. The number of rotatable bonds is 11. The minimum Gasteiger partial charge on any atom is -0.264 e. The molecule has 0 spiro atoms. The molecule has 32 heavy (non-hydrogen) atoms. The van der Waals surface area contributed by atoms with Crippen molar-refractivity contribution in [2.24, 2.45) is 17.3 Å². The van der Waals surface area contributed by atoms with Crippen LogP contribution in [-0.4, -0.2) is 45.5 Å². The van der Waals surface area contributed by atoms with Gasteiger partial charge in [-0.25, -0.2) is 0 Å². The molecule has 5 nitrogen and oxygen atoms in total. The van der Waals surface area contributed by atoms with Crippen LogP contribution in [0.1, 0.15) is 84.6 Å². The van der Waals surface area contributed by atoms with E-state index < -0.39 is 10.4 Å². The topological polar surface area (TPSA) is 87.7 Å². The van der Waals surface area contributed by atoms with Crippen LogP contribution in [0.15, 0.2) is 46.3 Å². The molecule has 178 valence electrons. The molecule has 1 aromatic rings. The third-order valence-corrected chi connectivity index (χ3v) is 8.03. The van der Waals surface area contributed by atoms with Crippen molar-refractivity contribution in [1.82, 2.24) is 0 Å². The fraction of sp³-hybridized carbons (Fsp3) is 0.680. The molecule has 1 aliphatic carbocycles. The van der Waals surface area contributed by atoms with Crippen molar-refractivity contribution < 1.29 is 21.9 Å². The first-order chi connectivity index (χ1) is 14.9. The van der Waals surface area contributed by atoms with E-state index in [1.54, 1.807) is 17.4 Å². The van der Waals surface area contributed by atoms with E-state index in [4.69, 9.17) is 21.9 Å². The summed E-state index contributed by atoms with van der Waals surface area (Å²) >= 11 is 1.33. The summed E-state index contributed by atoms with van der Waals surface area (Å²) in [5.74, 6) is 1.70. The minimum absolute atomic E-state index is 0.478. The molecule has 0 amide bonds. The first kappa shape index (κ1) is 29.7. The number of aryl methyl sites for hydroxylation is 1. The van der Waals surface area contributed by atoms with E-state index in [-0.39, 0.29) is 0 Å². The molecule has 0 aromatic carbocycles. The standard InChI is InChI=1S/C25H39O.Na.H2O4S/c1-20(11-7-13-23-16-18-26-19-23)9-6-10-21(2)14-15-24-22(3)12-8-17-25(24,4)5;;1-5(2,3)4/h10,12,16,18-20,24H,1,6-9,11,13-15,17H2,2-5H3;;(H2,1,2,3,4). The average Bonchev–Trinajstić information content (AvgIpc) is 3.18. The van der Waals surface area contributed by atoms with Crippen LogP contribution >= 0.6 is 0 Å².